The second-order valence-electron chi connectivity index (χ2n) is 3.50. The molecule has 0 amide bonds. The molecule has 0 N–H and O–H groups in total. The normalized spacial score (nSPS) is 21.4. The van der Waals surface area contributed by atoms with Crippen LogP contribution in [0.1, 0.15) is 29.0 Å². The highest BCUT2D eigenvalue weighted by Gasteiger charge is 2.18. The van der Waals surface area contributed by atoms with Gasteiger partial charge < -0.3 is 4.74 Å². The molecule has 5 nitrogen and oxygen atoms in total. The Morgan fingerprint density at radius 2 is 2.57 bits per heavy atom. The van der Waals surface area contributed by atoms with Crippen molar-refractivity contribution < 1.29 is 9.53 Å². The number of aldehydes is 1. The van der Waals surface area contributed by atoms with Crippen LogP contribution in [0.5, 0.6) is 0 Å². The Balaban J connectivity index is 2.08. The van der Waals surface area contributed by atoms with E-state index in [1.54, 1.807) is 4.68 Å². The number of rotatable bonds is 3. The van der Waals surface area contributed by atoms with E-state index in [-0.39, 0.29) is 6.10 Å². The van der Waals surface area contributed by atoms with E-state index in [0.717, 1.165) is 31.4 Å². The summed E-state index contributed by atoms with van der Waals surface area (Å²) in [7, 11) is 0. The Hall–Kier alpha value is -1.23. The van der Waals surface area contributed by atoms with Gasteiger partial charge in [0.1, 0.15) is 5.69 Å². The van der Waals surface area contributed by atoms with Crippen molar-refractivity contribution in [3.8, 4) is 0 Å². The Labute approximate surface area is 82.1 Å². The fourth-order valence-electron chi connectivity index (χ4n) is 1.64. The van der Waals surface area contributed by atoms with Gasteiger partial charge >= 0.3 is 0 Å². The summed E-state index contributed by atoms with van der Waals surface area (Å²) in [5.74, 6) is 0. The van der Waals surface area contributed by atoms with Crippen molar-refractivity contribution in [3.05, 3.63) is 11.4 Å². The Kier molecular flexibility index (Phi) is 2.58. The molecule has 1 unspecified atom stereocenters. The molecular weight excluding hydrogens is 182 g/mol. The van der Waals surface area contributed by atoms with Gasteiger partial charge in [0.2, 0.25) is 0 Å². The first kappa shape index (κ1) is 9.33. The van der Waals surface area contributed by atoms with E-state index in [9.17, 15) is 4.79 Å². The van der Waals surface area contributed by atoms with Crippen LogP contribution in [-0.4, -0.2) is 34.0 Å². The van der Waals surface area contributed by atoms with Gasteiger partial charge in [-0.05, 0) is 19.8 Å². The van der Waals surface area contributed by atoms with Gasteiger partial charge in [-0.15, -0.1) is 5.10 Å². The van der Waals surface area contributed by atoms with Crippen molar-refractivity contribution in [3.63, 3.8) is 0 Å². The molecule has 1 saturated heterocycles. The first-order valence-corrected chi connectivity index (χ1v) is 4.78. The van der Waals surface area contributed by atoms with E-state index in [0.29, 0.717) is 12.2 Å². The average molecular weight is 195 g/mol. The highest BCUT2D eigenvalue weighted by molar-refractivity contribution is 5.72. The summed E-state index contributed by atoms with van der Waals surface area (Å²) in [5.41, 5.74) is 1.23. The maximum Gasteiger partial charge on any atom is 0.172 e. The van der Waals surface area contributed by atoms with E-state index in [4.69, 9.17) is 4.74 Å². The summed E-state index contributed by atoms with van der Waals surface area (Å²) in [5, 5.41) is 7.67. The maximum atomic E-state index is 10.5. The van der Waals surface area contributed by atoms with Crippen molar-refractivity contribution in [1.29, 1.82) is 0 Å². The van der Waals surface area contributed by atoms with E-state index < -0.39 is 0 Å². The molecule has 0 aromatic carbocycles. The third-order valence-corrected chi connectivity index (χ3v) is 2.53. The minimum atomic E-state index is 0.231. The molecule has 0 aliphatic carbocycles. The Morgan fingerprint density at radius 1 is 1.71 bits per heavy atom. The van der Waals surface area contributed by atoms with Crippen molar-refractivity contribution in [1.82, 2.24) is 15.0 Å². The second-order valence-corrected chi connectivity index (χ2v) is 3.50. The number of nitrogens with zero attached hydrogens (tertiary/aromatic N) is 3. The number of hydrogen-bond acceptors (Lipinski definition) is 4. The van der Waals surface area contributed by atoms with E-state index >= 15 is 0 Å². The monoisotopic (exact) mass is 195 g/mol. The topological polar surface area (TPSA) is 57.0 Å². The second kappa shape index (κ2) is 3.88. The molecule has 2 heterocycles. The van der Waals surface area contributed by atoms with Crippen LogP contribution < -0.4 is 0 Å². The van der Waals surface area contributed by atoms with Crippen LogP contribution in [0, 0.1) is 6.92 Å². The van der Waals surface area contributed by atoms with Crippen molar-refractivity contribution in [2.24, 2.45) is 0 Å². The summed E-state index contributed by atoms with van der Waals surface area (Å²) in [6.07, 6.45) is 3.14. The lowest BCUT2D eigenvalue weighted by molar-refractivity contribution is 0.0929. The molecule has 2 rings (SSSR count). The van der Waals surface area contributed by atoms with Crippen LogP contribution in [0.3, 0.4) is 0 Å². The molecule has 1 aromatic heterocycles. The quantitative estimate of drug-likeness (QED) is 0.662. The highest BCUT2D eigenvalue weighted by Crippen LogP contribution is 2.14. The minimum absolute atomic E-state index is 0.231. The number of carbonyl (C=O) groups excluding carboxylic acids is 1. The van der Waals surface area contributed by atoms with Crippen molar-refractivity contribution >= 4 is 6.29 Å². The summed E-state index contributed by atoms with van der Waals surface area (Å²) in [6, 6.07) is 0. The van der Waals surface area contributed by atoms with Crippen LogP contribution in [0.2, 0.25) is 0 Å². The van der Waals surface area contributed by atoms with Gasteiger partial charge in [-0.2, -0.15) is 0 Å². The van der Waals surface area contributed by atoms with E-state index in [1.165, 1.54) is 0 Å². The van der Waals surface area contributed by atoms with Crippen LogP contribution in [0.15, 0.2) is 0 Å². The highest BCUT2D eigenvalue weighted by atomic mass is 16.5. The number of carbonyl (C=O) groups is 1. The number of aromatic nitrogens is 3. The summed E-state index contributed by atoms with van der Waals surface area (Å²) in [6.45, 7) is 3.38. The molecule has 14 heavy (non-hydrogen) atoms. The molecule has 0 spiro atoms. The molecule has 1 aromatic rings. The maximum absolute atomic E-state index is 10.5. The fourth-order valence-corrected chi connectivity index (χ4v) is 1.64. The molecule has 0 saturated carbocycles. The summed E-state index contributed by atoms with van der Waals surface area (Å²) in [4.78, 5) is 10.5. The molecule has 0 bridgehead atoms. The molecule has 1 fully saturated rings. The predicted octanol–water partition coefficient (Wildman–Crippen LogP) is 0.578. The summed E-state index contributed by atoms with van der Waals surface area (Å²) >= 11 is 0. The zero-order valence-electron chi connectivity index (χ0n) is 8.14. The third kappa shape index (κ3) is 1.68. The lowest BCUT2D eigenvalue weighted by Crippen LogP contribution is -2.17. The summed E-state index contributed by atoms with van der Waals surface area (Å²) < 4.78 is 7.21. The van der Waals surface area contributed by atoms with Crippen molar-refractivity contribution in [2.45, 2.75) is 32.4 Å². The molecule has 1 atom stereocenters. The minimum Gasteiger partial charge on any atom is -0.376 e. The van der Waals surface area contributed by atoms with Crippen molar-refractivity contribution in [2.75, 3.05) is 6.61 Å². The van der Waals surface area contributed by atoms with E-state index in [2.05, 4.69) is 10.3 Å². The SMILES string of the molecule is Cc1c(C=O)nnn1CC1CCCO1. The zero-order chi connectivity index (χ0) is 9.97. The van der Waals surface area contributed by atoms with E-state index in [1.807, 2.05) is 6.92 Å². The van der Waals surface area contributed by atoms with Gasteiger partial charge in [0.15, 0.2) is 6.29 Å². The lowest BCUT2D eigenvalue weighted by atomic mass is 10.2. The van der Waals surface area contributed by atoms with Gasteiger partial charge in [0.25, 0.3) is 0 Å². The van der Waals surface area contributed by atoms with Gasteiger partial charge in [0, 0.05) is 6.61 Å². The first-order chi connectivity index (χ1) is 6.81. The Bertz CT molecular complexity index is 329. The van der Waals surface area contributed by atoms with Gasteiger partial charge in [-0.25, -0.2) is 4.68 Å². The van der Waals surface area contributed by atoms with Gasteiger partial charge in [0.05, 0.1) is 18.3 Å². The van der Waals surface area contributed by atoms with Crippen LogP contribution in [-0.2, 0) is 11.3 Å². The van der Waals surface area contributed by atoms with Crippen LogP contribution in [0.4, 0.5) is 0 Å². The number of hydrogen-bond donors (Lipinski definition) is 0. The van der Waals surface area contributed by atoms with Gasteiger partial charge in [-0.1, -0.05) is 5.21 Å². The predicted molar refractivity (Wildman–Crippen MR) is 49.1 cm³/mol. The molecule has 5 heteroatoms. The third-order valence-electron chi connectivity index (χ3n) is 2.53. The molecule has 76 valence electrons. The molecule has 0 radical (unpaired) electrons. The standard InChI is InChI=1S/C9H13N3O2/c1-7-9(6-13)10-11-12(7)5-8-3-2-4-14-8/h6,8H,2-5H2,1H3. The average Bonchev–Trinajstić information content (AvgIpc) is 2.79. The zero-order valence-corrected chi connectivity index (χ0v) is 8.14. The first-order valence-electron chi connectivity index (χ1n) is 4.78. The van der Waals surface area contributed by atoms with Crippen LogP contribution >= 0.6 is 0 Å². The largest absolute Gasteiger partial charge is 0.376 e. The molecule has 1 aliphatic rings. The fraction of sp³-hybridized carbons (Fsp3) is 0.667. The smallest absolute Gasteiger partial charge is 0.172 e. The molecular formula is C9H13N3O2. The number of ether oxygens (including phenoxy) is 1. The van der Waals surface area contributed by atoms with Crippen LogP contribution in [0.25, 0.3) is 0 Å². The molecule has 1 aliphatic heterocycles. The Morgan fingerprint density at radius 3 is 3.14 bits per heavy atom. The lowest BCUT2D eigenvalue weighted by Gasteiger charge is -2.09. The van der Waals surface area contributed by atoms with Gasteiger partial charge in [-0.3, -0.25) is 4.79 Å².